The number of hydrogen-bond donors (Lipinski definition) is 2. The fourth-order valence-corrected chi connectivity index (χ4v) is 12.8. The van der Waals surface area contributed by atoms with Crippen molar-refractivity contribution in [3.8, 4) is 170 Å². The number of benzene rings is 10. The van der Waals surface area contributed by atoms with E-state index in [1.807, 2.05) is 133 Å². The van der Waals surface area contributed by atoms with Crippen molar-refractivity contribution in [3.05, 3.63) is 169 Å². The van der Waals surface area contributed by atoms with E-state index in [9.17, 15) is 9.59 Å². The van der Waals surface area contributed by atoms with Crippen LogP contribution < -0.4 is 86.4 Å². The molecule has 0 saturated heterocycles. The van der Waals surface area contributed by atoms with Crippen LogP contribution >= 0.6 is 0 Å². The number of carbonyl (C=O) groups excluding carboxylic acids is 2. The van der Waals surface area contributed by atoms with Crippen LogP contribution in [0.4, 0.5) is 11.4 Å². The van der Waals surface area contributed by atoms with Gasteiger partial charge >= 0.3 is 0 Å². The molecule has 10 aromatic rings. The number of ether oxygens (including phenoxy) is 18. The molecule has 0 aliphatic carbocycles. The van der Waals surface area contributed by atoms with Gasteiger partial charge in [-0.05, 0) is 163 Å². The van der Waals surface area contributed by atoms with Crippen molar-refractivity contribution in [2.75, 3.05) is 139 Å². The maximum absolute atomic E-state index is 14.8. The van der Waals surface area contributed by atoms with Gasteiger partial charge in [0.05, 0.1) is 125 Å². The van der Waals surface area contributed by atoms with E-state index in [0.29, 0.717) is 192 Å². The van der Waals surface area contributed by atoms with Crippen LogP contribution in [-0.2, 0) is 19.1 Å². The topological polar surface area (TPSA) is 224 Å². The number of methoxy groups -OCH3 is 18. The van der Waals surface area contributed by atoms with Crippen molar-refractivity contribution >= 4 is 23.2 Å². The van der Waals surface area contributed by atoms with E-state index in [1.54, 1.807) is 95.4 Å². The third-order valence-electron chi connectivity index (χ3n) is 17.9. The first-order chi connectivity index (χ1) is 50.6. The fraction of sp³-hybridized carbons (Fsp3) is 0.244. The zero-order chi connectivity index (χ0) is 74.5. The van der Waals surface area contributed by atoms with Gasteiger partial charge < -0.3 is 95.9 Å². The Balaban J connectivity index is 1.33. The Hall–Kier alpha value is -12.1. The van der Waals surface area contributed by atoms with Gasteiger partial charge in [0.15, 0.2) is 104 Å². The minimum absolute atomic E-state index is 0.321. The second-order valence-electron chi connectivity index (χ2n) is 23.1. The Morgan fingerprint density at radius 1 is 0.212 bits per heavy atom. The number of amides is 2. The van der Waals surface area contributed by atoms with E-state index >= 15 is 0 Å². The minimum atomic E-state index is -1.03. The summed E-state index contributed by atoms with van der Waals surface area (Å²) in [7, 11) is 27.6. The van der Waals surface area contributed by atoms with Crippen LogP contribution in [0.25, 0.3) is 77.9 Å². The van der Waals surface area contributed by atoms with Gasteiger partial charge in [-0.2, -0.15) is 0 Å². The summed E-state index contributed by atoms with van der Waals surface area (Å²) in [6.45, 7) is 0. The van der Waals surface area contributed by atoms with Gasteiger partial charge in [-0.3, -0.25) is 9.59 Å². The molecule has 10 aromatic carbocycles. The molecule has 22 nitrogen and oxygen atoms in total. The Labute approximate surface area is 604 Å². The highest BCUT2D eigenvalue weighted by atomic mass is 16.5. The third-order valence-corrected chi connectivity index (χ3v) is 17.9. The van der Waals surface area contributed by atoms with Gasteiger partial charge in [-0.1, -0.05) is 60.7 Å². The summed E-state index contributed by atoms with van der Waals surface area (Å²) in [6, 6.07) is 47.5. The Morgan fingerprint density at radius 3 is 0.510 bits per heavy atom. The lowest BCUT2D eigenvalue weighted by Gasteiger charge is -2.26. The first-order valence-electron chi connectivity index (χ1n) is 32.5. The predicted octanol–water partition coefficient (Wildman–Crippen LogP) is 16.1. The summed E-state index contributed by atoms with van der Waals surface area (Å²) in [5, 5.41) is 6.35. The highest BCUT2D eigenvalue weighted by Crippen LogP contribution is 2.57. The number of hydrogen-bond acceptors (Lipinski definition) is 20. The molecular formula is C82H84N2O20. The number of anilines is 2. The SMILES string of the molecule is COc1cc(NC(=O)[C@@H](OC)c2ccccc2)c(-c2cc(OC)c(OC)cc2-c2cc(OC)c(OC)cc2-c2cc(OC)c(OC)cc2-c2cc(OC)c(OC)cc2-c2cc(OC)c(OC)cc2-c2cc(OC)c(OC)cc2-c2cc(OC)c(OC)cc2NC(=O)[C@@H](OC)c2ccccc2)cc1OC. The molecule has 0 aliphatic rings. The first-order valence-corrected chi connectivity index (χ1v) is 32.5. The van der Waals surface area contributed by atoms with E-state index in [4.69, 9.17) is 85.3 Å². The Morgan fingerprint density at radius 2 is 0.356 bits per heavy atom. The molecule has 0 aliphatic heterocycles. The molecule has 542 valence electrons. The van der Waals surface area contributed by atoms with Crippen molar-refractivity contribution in [3.63, 3.8) is 0 Å². The molecule has 0 radical (unpaired) electrons. The largest absolute Gasteiger partial charge is 0.493 e. The molecule has 0 aromatic heterocycles. The van der Waals surface area contributed by atoms with Crippen LogP contribution in [-0.4, -0.2) is 140 Å². The molecule has 104 heavy (non-hydrogen) atoms. The number of carbonyl (C=O) groups is 2. The molecular weight excluding hydrogens is 1330 g/mol. The van der Waals surface area contributed by atoms with Gasteiger partial charge in [-0.25, -0.2) is 0 Å². The molecule has 2 N–H and O–H groups in total. The van der Waals surface area contributed by atoms with Crippen LogP contribution in [0.2, 0.25) is 0 Å². The van der Waals surface area contributed by atoms with Crippen LogP contribution in [0.15, 0.2) is 158 Å². The van der Waals surface area contributed by atoms with Gasteiger partial charge in [0.25, 0.3) is 11.8 Å². The van der Waals surface area contributed by atoms with Crippen molar-refractivity contribution in [2.24, 2.45) is 0 Å². The zero-order valence-corrected chi connectivity index (χ0v) is 61.3. The molecule has 0 fully saturated rings. The first kappa shape index (κ1) is 74.5. The van der Waals surface area contributed by atoms with E-state index in [-0.39, 0.29) is 0 Å². The maximum Gasteiger partial charge on any atom is 0.258 e. The average molecular weight is 1420 g/mol. The predicted molar refractivity (Wildman–Crippen MR) is 399 cm³/mol. The van der Waals surface area contributed by atoms with Crippen molar-refractivity contribution in [1.29, 1.82) is 0 Å². The summed E-state index contributed by atoms with van der Waals surface area (Å²) in [5.41, 5.74) is 9.28. The van der Waals surface area contributed by atoms with Crippen LogP contribution in [0, 0.1) is 0 Å². The van der Waals surface area contributed by atoms with Gasteiger partial charge in [0.2, 0.25) is 0 Å². The second kappa shape index (κ2) is 33.6. The molecule has 0 unspecified atom stereocenters. The standard InChI is InChI=1S/C82H84N2O20/c1-87-63-29-47(49(31-65(63)89-3)51-33-67(91-5)69(93-7)35-53(51)55-37-71(95-9)73(97-11)39-57(55)59-41-75(99-13)77(101-15)43-61(59)83-81(85)79(103-17)45-25-21-19-22-26-45)48-30-64(88-2)66(90-4)32-50(48)52-34-68(92-6)70(94-8)36-54(52)56-38-72(96-10)74(98-12)40-58(56)60-42-76(100-14)78(102-16)44-62(60)84-82(86)80(104-18)46-27-23-20-24-28-46/h19-44,79-80H,1-18H3,(H,83,85)(H,84,86)/t79-,80-/m0/s1. The fourth-order valence-electron chi connectivity index (χ4n) is 12.8. The lowest BCUT2D eigenvalue weighted by molar-refractivity contribution is -0.126. The van der Waals surface area contributed by atoms with Crippen molar-refractivity contribution in [2.45, 2.75) is 12.2 Å². The highest BCUT2D eigenvalue weighted by Gasteiger charge is 2.32. The molecule has 2 atom stereocenters. The van der Waals surface area contributed by atoms with E-state index in [0.717, 1.165) is 0 Å². The normalized spacial score (nSPS) is 11.4. The summed E-state index contributed by atoms with van der Waals surface area (Å²) < 4.78 is 110. The van der Waals surface area contributed by atoms with Crippen molar-refractivity contribution < 1.29 is 94.9 Å². The van der Waals surface area contributed by atoms with Crippen molar-refractivity contribution in [1.82, 2.24) is 0 Å². The lowest BCUT2D eigenvalue weighted by atomic mass is 9.82. The number of rotatable bonds is 31. The molecule has 2 amide bonds. The molecule has 0 heterocycles. The molecule has 0 bridgehead atoms. The highest BCUT2D eigenvalue weighted by molar-refractivity contribution is 6.08. The van der Waals surface area contributed by atoms with Gasteiger partial charge in [0.1, 0.15) is 0 Å². The van der Waals surface area contributed by atoms with Crippen LogP contribution in [0.3, 0.4) is 0 Å². The molecule has 0 spiro atoms. The smallest absolute Gasteiger partial charge is 0.258 e. The Kier molecular flexibility index (Phi) is 24.1. The lowest BCUT2D eigenvalue weighted by Crippen LogP contribution is -2.23. The molecule has 10 rings (SSSR count). The van der Waals surface area contributed by atoms with E-state index in [1.165, 1.54) is 56.9 Å². The van der Waals surface area contributed by atoms with E-state index in [2.05, 4.69) is 10.6 Å². The summed E-state index contributed by atoms with van der Waals surface area (Å²) in [5.74, 6) is 4.53. The zero-order valence-electron chi connectivity index (χ0n) is 61.3. The molecule has 22 heteroatoms. The third kappa shape index (κ3) is 14.7. The van der Waals surface area contributed by atoms with Crippen LogP contribution in [0.1, 0.15) is 23.3 Å². The number of nitrogens with one attached hydrogen (secondary N) is 2. The van der Waals surface area contributed by atoms with Gasteiger partial charge in [-0.15, -0.1) is 0 Å². The summed E-state index contributed by atoms with van der Waals surface area (Å²) in [6.07, 6.45) is -2.05. The summed E-state index contributed by atoms with van der Waals surface area (Å²) >= 11 is 0. The minimum Gasteiger partial charge on any atom is -0.493 e. The average Bonchev–Trinajstić information content (AvgIpc) is 0.740. The Bertz CT molecular complexity index is 4460. The van der Waals surface area contributed by atoms with Gasteiger partial charge in [0, 0.05) is 37.5 Å². The molecule has 0 saturated carbocycles. The summed E-state index contributed by atoms with van der Waals surface area (Å²) in [4.78, 5) is 29.5. The second-order valence-corrected chi connectivity index (χ2v) is 23.1. The maximum atomic E-state index is 14.8. The van der Waals surface area contributed by atoms with E-state index < -0.39 is 24.0 Å². The monoisotopic (exact) mass is 1420 g/mol. The van der Waals surface area contributed by atoms with Crippen LogP contribution in [0.5, 0.6) is 92.0 Å². The quantitative estimate of drug-likeness (QED) is 0.0412.